The molecule has 0 aromatic heterocycles. The van der Waals surface area contributed by atoms with Gasteiger partial charge in [-0.1, -0.05) is 37.5 Å². The van der Waals surface area contributed by atoms with Crippen LogP contribution in [0.2, 0.25) is 0 Å². The molecule has 6 nitrogen and oxygen atoms in total. The van der Waals surface area contributed by atoms with Gasteiger partial charge >= 0.3 is 7.12 Å². The van der Waals surface area contributed by atoms with Gasteiger partial charge in [-0.15, -0.1) is 0 Å². The summed E-state index contributed by atoms with van der Waals surface area (Å²) in [6.45, 7) is -0.214. The van der Waals surface area contributed by atoms with E-state index in [0.29, 0.717) is 11.7 Å². The Balaban J connectivity index is 1.54. The summed E-state index contributed by atoms with van der Waals surface area (Å²) in [5.74, 6) is 0.609. The van der Waals surface area contributed by atoms with Crippen LogP contribution in [0.3, 0.4) is 0 Å². The van der Waals surface area contributed by atoms with E-state index in [1.54, 1.807) is 0 Å². The topological polar surface area (TPSA) is 99.0 Å². The molecule has 2 aromatic rings. The van der Waals surface area contributed by atoms with Gasteiger partial charge in [0, 0.05) is 0 Å². The van der Waals surface area contributed by atoms with Crippen molar-refractivity contribution in [2.45, 2.75) is 38.0 Å². The van der Waals surface area contributed by atoms with Gasteiger partial charge in [0.2, 0.25) is 0 Å². The van der Waals surface area contributed by atoms with Crippen LogP contribution in [0.1, 0.15) is 43.6 Å². The average Bonchev–Trinajstić information content (AvgIpc) is 2.69. The Kier molecular flexibility index (Phi) is 6.37. The van der Waals surface area contributed by atoms with Gasteiger partial charge in [-0.2, -0.15) is 0 Å². The molecule has 1 amide bonds. The highest BCUT2D eigenvalue weighted by molar-refractivity contribution is 6.58. The number of ether oxygens (including phenoxy) is 1. The Bertz CT molecular complexity index is 772. The van der Waals surface area contributed by atoms with E-state index < -0.39 is 13.0 Å². The number of hydrogen-bond acceptors (Lipinski definition) is 5. The van der Waals surface area contributed by atoms with E-state index >= 15 is 0 Å². The molecule has 0 saturated heterocycles. The highest BCUT2D eigenvalue weighted by Crippen LogP contribution is 2.33. The van der Waals surface area contributed by atoms with Crippen molar-refractivity contribution in [1.82, 2.24) is 0 Å². The van der Waals surface area contributed by atoms with Crippen molar-refractivity contribution >= 4 is 24.2 Å². The van der Waals surface area contributed by atoms with E-state index in [1.807, 2.05) is 12.1 Å². The van der Waals surface area contributed by atoms with E-state index in [-0.39, 0.29) is 23.5 Å². The SMILES string of the molecule is O=C(COc1ccc(C2CCCCC2)cc1)Nc1cc(B(O)O)ccc1O. The van der Waals surface area contributed by atoms with Gasteiger partial charge in [0.05, 0.1) is 5.69 Å². The first-order chi connectivity index (χ1) is 13.0. The first-order valence-corrected chi connectivity index (χ1v) is 9.24. The average molecular weight is 369 g/mol. The molecule has 27 heavy (non-hydrogen) atoms. The van der Waals surface area contributed by atoms with Crippen LogP contribution in [0.15, 0.2) is 42.5 Å². The second-order valence-corrected chi connectivity index (χ2v) is 6.89. The number of phenols is 1. The number of amides is 1. The summed E-state index contributed by atoms with van der Waals surface area (Å²) >= 11 is 0. The van der Waals surface area contributed by atoms with Crippen LogP contribution >= 0.6 is 0 Å². The molecule has 4 N–H and O–H groups in total. The smallest absolute Gasteiger partial charge is 0.488 e. The zero-order valence-corrected chi connectivity index (χ0v) is 15.1. The molecule has 0 aliphatic heterocycles. The van der Waals surface area contributed by atoms with Gasteiger partial charge in [0.15, 0.2) is 6.61 Å². The zero-order chi connectivity index (χ0) is 19.2. The molecular formula is C20H24BNO5. The molecule has 1 fully saturated rings. The molecule has 1 aliphatic rings. The molecular weight excluding hydrogens is 345 g/mol. The zero-order valence-electron chi connectivity index (χ0n) is 15.1. The number of nitrogens with one attached hydrogen (secondary N) is 1. The summed E-state index contributed by atoms with van der Waals surface area (Å²) in [6, 6.07) is 11.8. The van der Waals surface area contributed by atoms with E-state index in [9.17, 15) is 19.9 Å². The van der Waals surface area contributed by atoms with Gasteiger partial charge in [-0.05, 0) is 54.1 Å². The number of hydrogen-bond donors (Lipinski definition) is 4. The maximum absolute atomic E-state index is 12.1. The van der Waals surface area contributed by atoms with Gasteiger partial charge in [-0.25, -0.2) is 0 Å². The van der Waals surface area contributed by atoms with Crippen molar-refractivity contribution in [2.24, 2.45) is 0 Å². The minimum Gasteiger partial charge on any atom is -0.506 e. The summed E-state index contributed by atoms with van der Waals surface area (Å²) in [5, 5.41) is 30.6. The van der Waals surface area contributed by atoms with Gasteiger partial charge in [-0.3, -0.25) is 4.79 Å². The number of phenolic OH excluding ortho intramolecular Hbond substituents is 1. The number of carbonyl (C=O) groups is 1. The molecule has 1 saturated carbocycles. The lowest BCUT2D eigenvalue weighted by Gasteiger charge is -2.22. The van der Waals surface area contributed by atoms with Crippen LogP contribution < -0.4 is 15.5 Å². The van der Waals surface area contributed by atoms with Gasteiger partial charge < -0.3 is 25.2 Å². The molecule has 7 heteroatoms. The van der Waals surface area contributed by atoms with Crippen LogP contribution in [0.5, 0.6) is 11.5 Å². The van der Waals surface area contributed by atoms with E-state index in [0.717, 1.165) is 0 Å². The lowest BCUT2D eigenvalue weighted by molar-refractivity contribution is -0.118. The molecule has 0 atom stereocenters. The van der Waals surface area contributed by atoms with Crippen LogP contribution in [0.25, 0.3) is 0 Å². The summed E-state index contributed by atoms with van der Waals surface area (Å²) in [6.07, 6.45) is 6.35. The lowest BCUT2D eigenvalue weighted by Crippen LogP contribution is -2.30. The Hall–Kier alpha value is -2.51. The molecule has 2 aromatic carbocycles. The highest BCUT2D eigenvalue weighted by Gasteiger charge is 2.16. The predicted molar refractivity (Wildman–Crippen MR) is 104 cm³/mol. The third-order valence-electron chi connectivity index (χ3n) is 4.92. The maximum Gasteiger partial charge on any atom is 0.488 e. The fraction of sp³-hybridized carbons (Fsp3) is 0.350. The Labute approximate surface area is 159 Å². The van der Waals surface area contributed by atoms with Gasteiger partial charge in [0.25, 0.3) is 5.91 Å². The monoisotopic (exact) mass is 369 g/mol. The van der Waals surface area contributed by atoms with Crippen LogP contribution in [0.4, 0.5) is 5.69 Å². The molecule has 0 bridgehead atoms. The quantitative estimate of drug-likeness (QED) is 0.462. The summed E-state index contributed by atoms with van der Waals surface area (Å²) in [7, 11) is -1.68. The number of aromatic hydroxyl groups is 1. The summed E-state index contributed by atoms with van der Waals surface area (Å²) in [4.78, 5) is 12.1. The van der Waals surface area contributed by atoms with Crippen LogP contribution in [0, 0.1) is 0 Å². The van der Waals surface area contributed by atoms with Crippen molar-refractivity contribution < 1.29 is 24.7 Å². The van der Waals surface area contributed by atoms with E-state index in [2.05, 4.69) is 17.4 Å². The summed E-state index contributed by atoms with van der Waals surface area (Å²) in [5.41, 5.74) is 1.58. The minimum atomic E-state index is -1.68. The Morgan fingerprint density at radius 2 is 1.78 bits per heavy atom. The van der Waals surface area contributed by atoms with E-state index in [4.69, 9.17) is 4.74 Å². The Morgan fingerprint density at radius 3 is 2.44 bits per heavy atom. The molecule has 0 heterocycles. The molecule has 0 spiro atoms. The predicted octanol–water partition coefficient (Wildman–Crippen LogP) is 2.14. The molecule has 1 aliphatic carbocycles. The number of carbonyl (C=O) groups excluding carboxylic acids is 1. The Morgan fingerprint density at radius 1 is 1.07 bits per heavy atom. The largest absolute Gasteiger partial charge is 0.506 e. The number of rotatable bonds is 6. The second kappa shape index (κ2) is 8.93. The first-order valence-electron chi connectivity index (χ1n) is 9.24. The highest BCUT2D eigenvalue weighted by atomic mass is 16.5. The molecule has 0 unspecified atom stereocenters. The third kappa shape index (κ3) is 5.24. The second-order valence-electron chi connectivity index (χ2n) is 6.89. The molecule has 0 radical (unpaired) electrons. The van der Waals surface area contributed by atoms with Crippen LogP contribution in [-0.2, 0) is 4.79 Å². The number of anilines is 1. The summed E-state index contributed by atoms with van der Waals surface area (Å²) < 4.78 is 5.51. The fourth-order valence-corrected chi connectivity index (χ4v) is 3.42. The first kappa shape index (κ1) is 19.3. The fourth-order valence-electron chi connectivity index (χ4n) is 3.42. The maximum atomic E-state index is 12.1. The standard InChI is InChI=1S/C20H24BNO5/c23-19-11-8-16(21(25)26)12-18(19)22-20(24)13-27-17-9-6-15(7-10-17)14-4-2-1-3-5-14/h6-12,14,23,25-26H,1-5,13H2,(H,22,24). The molecule has 142 valence electrons. The molecule has 3 rings (SSSR count). The normalized spacial score (nSPS) is 14.6. The number of benzene rings is 2. The van der Waals surface area contributed by atoms with Gasteiger partial charge in [0.1, 0.15) is 11.5 Å². The third-order valence-corrected chi connectivity index (χ3v) is 4.92. The van der Waals surface area contributed by atoms with E-state index in [1.165, 1.54) is 55.9 Å². The van der Waals surface area contributed by atoms with Crippen molar-refractivity contribution in [3.63, 3.8) is 0 Å². The van der Waals surface area contributed by atoms with Crippen molar-refractivity contribution in [3.8, 4) is 11.5 Å². The lowest BCUT2D eigenvalue weighted by atomic mass is 9.80. The minimum absolute atomic E-state index is 0.0989. The van der Waals surface area contributed by atoms with Crippen molar-refractivity contribution in [3.05, 3.63) is 48.0 Å². The van der Waals surface area contributed by atoms with Crippen LogP contribution in [-0.4, -0.2) is 34.8 Å². The van der Waals surface area contributed by atoms with Crippen molar-refractivity contribution in [2.75, 3.05) is 11.9 Å². The van der Waals surface area contributed by atoms with Crippen molar-refractivity contribution in [1.29, 1.82) is 0 Å².